The van der Waals surface area contributed by atoms with Crippen LogP contribution in [0.2, 0.25) is 0 Å². The molecule has 110 valence electrons. The molecule has 1 aromatic carbocycles. The number of carbonyl (C=O) groups excluding carboxylic acids is 1. The number of pyridine rings is 2. The molecule has 6 heteroatoms. The molecule has 2 amide bonds. The van der Waals surface area contributed by atoms with E-state index in [1.165, 1.54) is 4.57 Å². The first-order chi connectivity index (χ1) is 10.6. The monoisotopic (exact) mass is 294 g/mol. The van der Waals surface area contributed by atoms with E-state index < -0.39 is 6.03 Å². The summed E-state index contributed by atoms with van der Waals surface area (Å²) in [7, 11) is 1.65. The highest BCUT2D eigenvalue weighted by Gasteiger charge is 2.09. The highest BCUT2D eigenvalue weighted by molar-refractivity contribution is 6.05. The third-order valence-corrected chi connectivity index (χ3v) is 3.25. The Kier molecular flexibility index (Phi) is 3.57. The lowest BCUT2D eigenvalue weighted by atomic mass is 10.1. The number of nitrogens with zero attached hydrogens (tertiary/aromatic N) is 2. The molecule has 0 saturated heterocycles. The minimum absolute atomic E-state index is 0.105. The van der Waals surface area contributed by atoms with Gasteiger partial charge in [0.25, 0.3) is 5.56 Å². The summed E-state index contributed by atoms with van der Waals surface area (Å²) in [6.07, 6.45) is 3.19. The average Bonchev–Trinajstić information content (AvgIpc) is 2.53. The molecule has 0 fully saturated rings. The van der Waals surface area contributed by atoms with Crippen molar-refractivity contribution in [3.63, 3.8) is 0 Å². The number of carbonyl (C=O) groups is 1. The van der Waals surface area contributed by atoms with Crippen LogP contribution < -0.4 is 16.2 Å². The van der Waals surface area contributed by atoms with Crippen LogP contribution in [0.25, 0.3) is 10.8 Å². The Morgan fingerprint density at radius 2 is 1.77 bits per heavy atom. The number of aryl methyl sites for hydroxylation is 1. The predicted octanol–water partition coefficient (Wildman–Crippen LogP) is 2.58. The summed E-state index contributed by atoms with van der Waals surface area (Å²) in [6, 6.07) is 12.0. The Labute approximate surface area is 126 Å². The molecule has 2 aromatic heterocycles. The van der Waals surface area contributed by atoms with Crippen molar-refractivity contribution in [1.29, 1.82) is 0 Å². The molecule has 0 aliphatic carbocycles. The Morgan fingerprint density at radius 1 is 1.05 bits per heavy atom. The minimum atomic E-state index is -0.414. The maximum Gasteiger partial charge on any atom is 0.324 e. The summed E-state index contributed by atoms with van der Waals surface area (Å²) < 4.78 is 1.44. The molecule has 0 aliphatic heterocycles. The second kappa shape index (κ2) is 5.69. The zero-order chi connectivity index (χ0) is 15.5. The SMILES string of the molecule is Cn1cc(NC(=O)Nc2ccccn2)c2ccccc2c1=O. The summed E-state index contributed by atoms with van der Waals surface area (Å²) in [5, 5.41) is 6.64. The average molecular weight is 294 g/mol. The smallest absolute Gasteiger partial charge is 0.316 e. The first-order valence-electron chi connectivity index (χ1n) is 6.72. The van der Waals surface area contributed by atoms with Crippen molar-refractivity contribution in [2.45, 2.75) is 0 Å². The van der Waals surface area contributed by atoms with E-state index in [9.17, 15) is 9.59 Å². The van der Waals surface area contributed by atoms with Crippen LogP contribution >= 0.6 is 0 Å². The van der Waals surface area contributed by atoms with Crippen molar-refractivity contribution in [2.75, 3.05) is 10.6 Å². The Bertz CT molecular complexity index is 888. The molecule has 0 saturated carbocycles. The largest absolute Gasteiger partial charge is 0.324 e. The zero-order valence-corrected chi connectivity index (χ0v) is 11.9. The maximum absolute atomic E-state index is 12.1. The van der Waals surface area contributed by atoms with Gasteiger partial charge < -0.3 is 9.88 Å². The molecular weight excluding hydrogens is 280 g/mol. The van der Waals surface area contributed by atoms with Gasteiger partial charge in [-0.05, 0) is 18.2 Å². The number of amides is 2. The second-order valence-corrected chi connectivity index (χ2v) is 4.80. The lowest BCUT2D eigenvalue weighted by molar-refractivity contribution is 0.262. The highest BCUT2D eigenvalue weighted by atomic mass is 16.2. The lowest BCUT2D eigenvalue weighted by Gasteiger charge is -2.11. The number of benzene rings is 1. The summed E-state index contributed by atoms with van der Waals surface area (Å²) in [6.45, 7) is 0. The number of fused-ring (bicyclic) bond motifs is 1. The van der Waals surface area contributed by atoms with Crippen molar-refractivity contribution in [2.24, 2.45) is 7.05 Å². The van der Waals surface area contributed by atoms with Crippen LogP contribution in [0.3, 0.4) is 0 Å². The second-order valence-electron chi connectivity index (χ2n) is 4.80. The molecule has 0 atom stereocenters. The van der Waals surface area contributed by atoms with E-state index in [0.29, 0.717) is 22.3 Å². The number of urea groups is 1. The van der Waals surface area contributed by atoms with Gasteiger partial charge in [0.2, 0.25) is 0 Å². The van der Waals surface area contributed by atoms with Crippen LogP contribution in [0.4, 0.5) is 16.3 Å². The summed E-state index contributed by atoms with van der Waals surface area (Å²) >= 11 is 0. The summed E-state index contributed by atoms with van der Waals surface area (Å²) in [5.74, 6) is 0.453. The van der Waals surface area contributed by atoms with Crippen molar-refractivity contribution in [1.82, 2.24) is 9.55 Å². The molecule has 2 N–H and O–H groups in total. The minimum Gasteiger partial charge on any atom is -0.316 e. The molecule has 3 rings (SSSR count). The Balaban J connectivity index is 1.92. The topological polar surface area (TPSA) is 76.0 Å². The molecule has 6 nitrogen and oxygen atoms in total. The van der Waals surface area contributed by atoms with Crippen LogP contribution in [0, 0.1) is 0 Å². The van der Waals surface area contributed by atoms with Crippen molar-refractivity contribution in [3.05, 3.63) is 65.2 Å². The fourth-order valence-corrected chi connectivity index (χ4v) is 2.22. The van der Waals surface area contributed by atoms with Crippen LogP contribution in [0.15, 0.2) is 59.7 Å². The molecule has 22 heavy (non-hydrogen) atoms. The molecule has 3 aromatic rings. The van der Waals surface area contributed by atoms with Crippen LogP contribution in [-0.2, 0) is 7.05 Å². The van der Waals surface area contributed by atoms with E-state index in [4.69, 9.17) is 0 Å². The maximum atomic E-state index is 12.1. The molecule has 0 aliphatic rings. The van der Waals surface area contributed by atoms with E-state index in [1.807, 2.05) is 6.07 Å². The number of hydrogen-bond donors (Lipinski definition) is 2. The first kappa shape index (κ1) is 13.8. The number of aromatic nitrogens is 2. The van der Waals surface area contributed by atoms with Crippen LogP contribution in [-0.4, -0.2) is 15.6 Å². The quantitative estimate of drug-likeness (QED) is 0.762. The summed E-state index contributed by atoms with van der Waals surface area (Å²) in [5.41, 5.74) is 0.456. The van der Waals surface area contributed by atoms with Gasteiger partial charge in [0.1, 0.15) is 5.82 Å². The fourth-order valence-electron chi connectivity index (χ4n) is 2.22. The van der Waals surface area contributed by atoms with Gasteiger partial charge in [0.05, 0.1) is 5.69 Å². The Morgan fingerprint density at radius 3 is 2.50 bits per heavy atom. The van der Waals surface area contributed by atoms with Crippen molar-refractivity contribution in [3.8, 4) is 0 Å². The normalized spacial score (nSPS) is 10.4. The van der Waals surface area contributed by atoms with E-state index in [-0.39, 0.29) is 5.56 Å². The summed E-state index contributed by atoms with van der Waals surface area (Å²) in [4.78, 5) is 28.2. The van der Waals surface area contributed by atoms with E-state index in [0.717, 1.165) is 0 Å². The molecule has 0 bridgehead atoms. The molecular formula is C16H14N4O2. The van der Waals surface area contributed by atoms with Crippen molar-refractivity contribution >= 4 is 28.3 Å². The standard InChI is InChI=1S/C16H14N4O2/c1-20-10-13(11-6-2-3-7-12(11)15(20)21)18-16(22)19-14-8-4-5-9-17-14/h2-10H,1H3,(H2,17,18,19,22). The van der Waals surface area contributed by atoms with Gasteiger partial charge in [0, 0.05) is 30.2 Å². The molecule has 0 unspecified atom stereocenters. The fraction of sp³-hybridized carbons (Fsp3) is 0.0625. The van der Waals surface area contributed by atoms with Crippen molar-refractivity contribution < 1.29 is 4.79 Å². The van der Waals surface area contributed by atoms with Gasteiger partial charge in [-0.25, -0.2) is 9.78 Å². The van der Waals surface area contributed by atoms with Gasteiger partial charge in [-0.1, -0.05) is 24.3 Å². The van der Waals surface area contributed by atoms with Gasteiger partial charge >= 0.3 is 6.03 Å². The third kappa shape index (κ3) is 2.67. The van der Waals surface area contributed by atoms with Gasteiger partial charge in [-0.3, -0.25) is 10.1 Å². The Hall–Kier alpha value is -3.15. The van der Waals surface area contributed by atoms with Gasteiger partial charge in [-0.2, -0.15) is 0 Å². The number of anilines is 2. The van der Waals surface area contributed by atoms with E-state index >= 15 is 0 Å². The predicted molar refractivity (Wildman–Crippen MR) is 86.1 cm³/mol. The van der Waals surface area contributed by atoms with Gasteiger partial charge in [-0.15, -0.1) is 0 Å². The van der Waals surface area contributed by atoms with Crippen LogP contribution in [0.5, 0.6) is 0 Å². The zero-order valence-electron chi connectivity index (χ0n) is 11.9. The van der Waals surface area contributed by atoms with Crippen LogP contribution in [0.1, 0.15) is 0 Å². The number of rotatable bonds is 2. The third-order valence-electron chi connectivity index (χ3n) is 3.25. The van der Waals surface area contributed by atoms with E-state index in [1.54, 1.807) is 55.8 Å². The first-order valence-corrected chi connectivity index (χ1v) is 6.72. The molecule has 0 spiro atoms. The van der Waals surface area contributed by atoms with E-state index in [2.05, 4.69) is 15.6 Å². The highest BCUT2D eigenvalue weighted by Crippen LogP contribution is 2.20. The molecule has 2 heterocycles. The lowest BCUT2D eigenvalue weighted by Crippen LogP contribution is -2.23. The number of nitrogens with one attached hydrogen (secondary N) is 2. The molecule has 0 radical (unpaired) electrons. The number of hydrogen-bond acceptors (Lipinski definition) is 3. The van der Waals surface area contributed by atoms with Gasteiger partial charge in [0.15, 0.2) is 0 Å².